The van der Waals surface area contributed by atoms with Crippen LogP contribution in [0.15, 0.2) is 0 Å². The lowest BCUT2D eigenvalue weighted by atomic mass is 9.76. The summed E-state index contributed by atoms with van der Waals surface area (Å²) in [5, 5.41) is 9.33. The van der Waals surface area contributed by atoms with Crippen LogP contribution in [0, 0.1) is 5.41 Å². The molecule has 0 aromatic rings. The Morgan fingerprint density at radius 2 is 1.67 bits per heavy atom. The number of likely N-dealkylation sites (tertiary alicyclic amines) is 1. The molecule has 15 heavy (non-hydrogen) atoms. The Balaban J connectivity index is 2.16. The third kappa shape index (κ3) is 1.78. The molecular formula is C11H17NO3. The number of hydrogen-bond donors (Lipinski definition) is 1. The Morgan fingerprint density at radius 3 is 2.07 bits per heavy atom. The van der Waals surface area contributed by atoms with Crippen LogP contribution in [0.25, 0.3) is 0 Å². The monoisotopic (exact) mass is 211 g/mol. The van der Waals surface area contributed by atoms with Crippen molar-refractivity contribution in [3.63, 3.8) is 0 Å². The predicted octanol–water partition coefficient (Wildman–Crippen LogP) is 1.03. The molecule has 2 amide bonds. The highest BCUT2D eigenvalue weighted by atomic mass is 16.3. The van der Waals surface area contributed by atoms with E-state index in [2.05, 4.69) is 0 Å². The van der Waals surface area contributed by atoms with Gasteiger partial charge in [-0.2, -0.15) is 0 Å². The predicted molar refractivity (Wildman–Crippen MR) is 53.7 cm³/mol. The maximum Gasteiger partial charge on any atom is 0.231 e. The van der Waals surface area contributed by atoms with Gasteiger partial charge in [0.05, 0.1) is 0 Å². The zero-order valence-corrected chi connectivity index (χ0v) is 9.03. The molecule has 1 atom stereocenters. The van der Waals surface area contributed by atoms with E-state index >= 15 is 0 Å². The Labute approximate surface area is 89.3 Å². The van der Waals surface area contributed by atoms with Gasteiger partial charge in [0.25, 0.3) is 0 Å². The average molecular weight is 211 g/mol. The summed E-state index contributed by atoms with van der Waals surface area (Å²) in [6.07, 6.45) is 4.09. The van der Waals surface area contributed by atoms with Crippen molar-refractivity contribution in [2.45, 2.75) is 51.7 Å². The first-order valence-electron chi connectivity index (χ1n) is 5.57. The second-order valence-electron chi connectivity index (χ2n) is 4.85. The molecule has 2 rings (SSSR count). The molecular weight excluding hydrogens is 194 g/mol. The fourth-order valence-corrected chi connectivity index (χ4v) is 2.91. The van der Waals surface area contributed by atoms with E-state index in [0.29, 0.717) is 12.8 Å². The first-order valence-corrected chi connectivity index (χ1v) is 5.57. The molecule has 4 heteroatoms. The fraction of sp³-hybridized carbons (Fsp3) is 0.818. The summed E-state index contributed by atoms with van der Waals surface area (Å²) in [5.41, 5.74) is -0.0699. The van der Waals surface area contributed by atoms with Gasteiger partial charge >= 0.3 is 0 Å². The second-order valence-corrected chi connectivity index (χ2v) is 4.85. The van der Waals surface area contributed by atoms with Crippen molar-refractivity contribution >= 4 is 11.8 Å². The number of aliphatic hydroxyl groups excluding tert-OH is 1. The van der Waals surface area contributed by atoms with Crippen LogP contribution < -0.4 is 0 Å². The number of rotatable bonds is 1. The Bertz CT molecular complexity index is 272. The van der Waals surface area contributed by atoms with E-state index in [1.807, 2.05) is 0 Å². The summed E-state index contributed by atoms with van der Waals surface area (Å²) >= 11 is 0. The van der Waals surface area contributed by atoms with Gasteiger partial charge in [-0.3, -0.25) is 14.5 Å². The van der Waals surface area contributed by atoms with Crippen LogP contribution >= 0.6 is 0 Å². The van der Waals surface area contributed by atoms with Gasteiger partial charge in [0, 0.05) is 12.8 Å². The summed E-state index contributed by atoms with van der Waals surface area (Å²) in [6.45, 7) is 1.46. The Kier molecular flexibility index (Phi) is 2.54. The molecule has 1 aliphatic heterocycles. The molecule has 1 N–H and O–H groups in total. The summed E-state index contributed by atoms with van der Waals surface area (Å²) in [4.78, 5) is 24.5. The minimum absolute atomic E-state index is 0.0699. The number of hydrogen-bond acceptors (Lipinski definition) is 3. The molecule has 1 saturated heterocycles. The number of nitrogens with zero attached hydrogens (tertiary/aromatic N) is 1. The SMILES string of the molecule is CC(O)N1C(=O)CC2(CCCC2)CC1=O. The Hall–Kier alpha value is -0.900. The maximum atomic E-state index is 11.8. The zero-order valence-electron chi connectivity index (χ0n) is 9.03. The number of piperidine rings is 1. The maximum absolute atomic E-state index is 11.8. The summed E-state index contributed by atoms with van der Waals surface area (Å²) < 4.78 is 0. The molecule has 4 nitrogen and oxygen atoms in total. The van der Waals surface area contributed by atoms with Crippen molar-refractivity contribution in [3.05, 3.63) is 0 Å². The minimum Gasteiger partial charge on any atom is -0.373 e. The van der Waals surface area contributed by atoms with E-state index in [1.165, 1.54) is 6.92 Å². The van der Waals surface area contributed by atoms with Gasteiger partial charge in [-0.15, -0.1) is 0 Å². The van der Waals surface area contributed by atoms with Crippen LogP contribution in [0.4, 0.5) is 0 Å². The Morgan fingerprint density at radius 1 is 1.20 bits per heavy atom. The van der Waals surface area contributed by atoms with Crippen LogP contribution in [0.2, 0.25) is 0 Å². The summed E-state index contributed by atoms with van der Waals surface area (Å²) in [7, 11) is 0. The number of carbonyl (C=O) groups excluding carboxylic acids is 2. The molecule has 0 radical (unpaired) electrons. The van der Waals surface area contributed by atoms with E-state index in [4.69, 9.17) is 0 Å². The minimum atomic E-state index is -0.983. The smallest absolute Gasteiger partial charge is 0.231 e. The molecule has 0 aromatic carbocycles. The van der Waals surface area contributed by atoms with Gasteiger partial charge in [-0.1, -0.05) is 12.8 Å². The van der Waals surface area contributed by atoms with Crippen molar-refractivity contribution in [2.75, 3.05) is 0 Å². The number of aliphatic hydroxyl groups is 1. The molecule has 1 saturated carbocycles. The zero-order chi connectivity index (χ0) is 11.1. The van der Waals surface area contributed by atoms with E-state index in [-0.39, 0.29) is 17.2 Å². The quantitative estimate of drug-likeness (QED) is 0.659. The van der Waals surface area contributed by atoms with Gasteiger partial charge in [-0.25, -0.2) is 0 Å². The van der Waals surface area contributed by atoms with E-state index in [9.17, 15) is 14.7 Å². The van der Waals surface area contributed by atoms with Gasteiger partial charge in [-0.05, 0) is 25.2 Å². The topological polar surface area (TPSA) is 57.6 Å². The lowest BCUT2D eigenvalue weighted by Crippen LogP contribution is -2.50. The van der Waals surface area contributed by atoms with Crippen LogP contribution in [-0.2, 0) is 9.59 Å². The van der Waals surface area contributed by atoms with Gasteiger partial charge in [0.2, 0.25) is 11.8 Å². The summed E-state index contributed by atoms with van der Waals surface area (Å²) in [5.74, 6) is -0.411. The lowest BCUT2D eigenvalue weighted by molar-refractivity contribution is -0.163. The van der Waals surface area contributed by atoms with Crippen LogP contribution in [0.3, 0.4) is 0 Å². The van der Waals surface area contributed by atoms with Gasteiger partial charge in [0.1, 0.15) is 6.23 Å². The normalized spacial score (nSPS) is 27.5. The molecule has 1 heterocycles. The van der Waals surface area contributed by atoms with Gasteiger partial charge < -0.3 is 5.11 Å². The largest absolute Gasteiger partial charge is 0.373 e. The van der Waals surface area contributed by atoms with Gasteiger partial charge in [0.15, 0.2) is 0 Å². The van der Waals surface area contributed by atoms with Crippen molar-refractivity contribution in [3.8, 4) is 0 Å². The van der Waals surface area contributed by atoms with E-state index in [0.717, 1.165) is 30.6 Å². The van der Waals surface area contributed by atoms with Crippen LogP contribution in [0.1, 0.15) is 45.4 Å². The fourth-order valence-electron chi connectivity index (χ4n) is 2.91. The first kappa shape index (κ1) is 10.6. The third-order valence-electron chi connectivity index (χ3n) is 3.63. The molecule has 1 aliphatic carbocycles. The summed E-state index contributed by atoms with van der Waals surface area (Å²) in [6, 6.07) is 0. The molecule has 2 fully saturated rings. The molecule has 1 spiro atoms. The van der Waals surface area contributed by atoms with E-state index in [1.54, 1.807) is 0 Å². The molecule has 1 unspecified atom stereocenters. The highest BCUT2D eigenvalue weighted by Gasteiger charge is 2.45. The third-order valence-corrected chi connectivity index (χ3v) is 3.63. The highest BCUT2D eigenvalue weighted by molar-refractivity contribution is 5.98. The van der Waals surface area contributed by atoms with Crippen LogP contribution in [0.5, 0.6) is 0 Å². The molecule has 0 aromatic heterocycles. The average Bonchev–Trinajstić information content (AvgIpc) is 2.50. The lowest BCUT2D eigenvalue weighted by Gasteiger charge is -2.38. The highest BCUT2D eigenvalue weighted by Crippen LogP contribution is 2.47. The van der Waals surface area contributed by atoms with Crippen LogP contribution in [-0.4, -0.2) is 28.0 Å². The van der Waals surface area contributed by atoms with Crippen molar-refractivity contribution in [1.82, 2.24) is 4.90 Å². The molecule has 0 bridgehead atoms. The molecule has 84 valence electrons. The van der Waals surface area contributed by atoms with Crippen molar-refractivity contribution < 1.29 is 14.7 Å². The number of carbonyl (C=O) groups is 2. The standard InChI is InChI=1S/C11H17NO3/c1-8(13)12-9(14)6-11(7-10(12)15)4-2-3-5-11/h8,13H,2-7H2,1H3. The second kappa shape index (κ2) is 3.59. The molecule has 2 aliphatic rings. The van der Waals surface area contributed by atoms with Crippen molar-refractivity contribution in [1.29, 1.82) is 0 Å². The van der Waals surface area contributed by atoms with Crippen molar-refractivity contribution in [2.24, 2.45) is 5.41 Å². The number of amides is 2. The number of imide groups is 1. The first-order chi connectivity index (χ1) is 7.04. The van der Waals surface area contributed by atoms with E-state index < -0.39 is 6.23 Å².